The van der Waals surface area contributed by atoms with Crippen LogP contribution in [-0.4, -0.2) is 11.5 Å². The average Bonchev–Trinajstić information content (AvgIpc) is 2.72. The van der Waals surface area contributed by atoms with Crippen molar-refractivity contribution in [2.75, 3.05) is 6.54 Å². The lowest BCUT2D eigenvalue weighted by Gasteiger charge is -2.05. The summed E-state index contributed by atoms with van der Waals surface area (Å²) in [5.41, 5.74) is 9.17. The summed E-state index contributed by atoms with van der Waals surface area (Å²) in [7, 11) is 0. The third-order valence-electron chi connectivity index (χ3n) is 2.86. The number of nitrogens with two attached hydrogens (primary N) is 1. The number of aromatic nitrogens is 1. The Labute approximate surface area is 120 Å². The van der Waals surface area contributed by atoms with Gasteiger partial charge in [-0.2, -0.15) is 0 Å². The molecule has 0 aliphatic carbocycles. The highest BCUT2D eigenvalue weighted by atomic mass is 79.9. The maximum atomic E-state index is 5.57. The van der Waals surface area contributed by atoms with Gasteiger partial charge < -0.3 is 5.73 Å². The van der Waals surface area contributed by atoms with Gasteiger partial charge in [-0.1, -0.05) is 38.1 Å². The second-order valence-corrected chi connectivity index (χ2v) is 6.87. The molecule has 0 unspecified atom stereocenters. The number of hydrogen-bond acceptors (Lipinski definition) is 3. The second kappa shape index (κ2) is 5.95. The molecule has 1 heterocycles. The molecule has 1 aromatic carbocycles. The molecule has 0 fully saturated rings. The molecule has 2 aromatic rings. The summed E-state index contributed by atoms with van der Waals surface area (Å²) in [5, 5.41) is 1.06. The number of rotatable bonds is 4. The van der Waals surface area contributed by atoms with E-state index in [1.54, 1.807) is 11.3 Å². The van der Waals surface area contributed by atoms with E-state index < -0.39 is 0 Å². The van der Waals surface area contributed by atoms with Crippen LogP contribution in [0.15, 0.2) is 28.1 Å². The van der Waals surface area contributed by atoms with Crippen LogP contribution in [0, 0.1) is 0 Å². The molecule has 0 atom stereocenters. The summed E-state index contributed by atoms with van der Waals surface area (Å²) in [6.07, 6.45) is 0.821. The fourth-order valence-corrected chi connectivity index (χ4v) is 3.35. The molecular formula is C14H17BrN2S. The van der Waals surface area contributed by atoms with Crippen LogP contribution in [-0.2, 0) is 6.42 Å². The highest BCUT2D eigenvalue weighted by molar-refractivity contribution is 9.11. The number of nitrogens with zero attached hydrogens (tertiary/aromatic N) is 1. The second-order valence-electron chi connectivity index (χ2n) is 4.55. The Kier molecular flexibility index (Phi) is 4.54. The third-order valence-corrected chi connectivity index (χ3v) is 4.73. The SMILES string of the molecule is CC(C)c1ccc(-c2nc(CCN)c(Br)s2)cc1. The van der Waals surface area contributed by atoms with Crippen molar-refractivity contribution in [2.45, 2.75) is 26.2 Å². The van der Waals surface area contributed by atoms with Crippen LogP contribution in [0.1, 0.15) is 31.0 Å². The van der Waals surface area contributed by atoms with Crippen molar-refractivity contribution >= 4 is 27.3 Å². The zero-order chi connectivity index (χ0) is 13.1. The molecule has 0 saturated heterocycles. The van der Waals surface area contributed by atoms with Crippen molar-refractivity contribution in [1.29, 1.82) is 0 Å². The number of hydrogen-bond donors (Lipinski definition) is 1. The van der Waals surface area contributed by atoms with E-state index in [-0.39, 0.29) is 0 Å². The Hall–Kier alpha value is -0.710. The van der Waals surface area contributed by atoms with E-state index in [9.17, 15) is 0 Å². The minimum Gasteiger partial charge on any atom is -0.330 e. The molecule has 0 spiro atoms. The molecule has 18 heavy (non-hydrogen) atoms. The molecule has 2 N–H and O–H groups in total. The van der Waals surface area contributed by atoms with Crippen LogP contribution in [0.3, 0.4) is 0 Å². The summed E-state index contributed by atoms with van der Waals surface area (Å²) >= 11 is 5.23. The highest BCUT2D eigenvalue weighted by Crippen LogP contribution is 2.32. The molecule has 0 radical (unpaired) electrons. The monoisotopic (exact) mass is 324 g/mol. The van der Waals surface area contributed by atoms with Crippen LogP contribution in [0.2, 0.25) is 0 Å². The minimum atomic E-state index is 0.565. The van der Waals surface area contributed by atoms with Gasteiger partial charge in [0, 0.05) is 12.0 Å². The van der Waals surface area contributed by atoms with Crippen LogP contribution in [0.5, 0.6) is 0 Å². The van der Waals surface area contributed by atoms with E-state index in [0.29, 0.717) is 12.5 Å². The van der Waals surface area contributed by atoms with Crippen molar-refractivity contribution in [3.8, 4) is 10.6 Å². The Morgan fingerprint density at radius 2 is 1.94 bits per heavy atom. The van der Waals surface area contributed by atoms with Crippen molar-refractivity contribution in [3.63, 3.8) is 0 Å². The lowest BCUT2D eigenvalue weighted by Crippen LogP contribution is -2.03. The quantitative estimate of drug-likeness (QED) is 0.915. The van der Waals surface area contributed by atoms with E-state index in [4.69, 9.17) is 5.73 Å². The van der Waals surface area contributed by atoms with Gasteiger partial charge in [0.15, 0.2) is 0 Å². The standard InChI is InChI=1S/C14H17BrN2S/c1-9(2)10-3-5-11(6-4-10)14-17-12(7-8-16)13(15)18-14/h3-6,9H,7-8,16H2,1-2H3. The fraction of sp³-hybridized carbons (Fsp3) is 0.357. The van der Waals surface area contributed by atoms with Gasteiger partial charge in [-0.25, -0.2) is 4.98 Å². The van der Waals surface area contributed by atoms with Crippen molar-refractivity contribution in [3.05, 3.63) is 39.3 Å². The summed E-state index contributed by atoms with van der Waals surface area (Å²) in [5.74, 6) is 0.565. The summed E-state index contributed by atoms with van der Waals surface area (Å²) in [4.78, 5) is 4.64. The number of thiazole rings is 1. The predicted octanol–water partition coefficient (Wildman–Crippen LogP) is 4.20. The van der Waals surface area contributed by atoms with Crippen LogP contribution in [0.4, 0.5) is 0 Å². The molecule has 1 aromatic heterocycles. The minimum absolute atomic E-state index is 0.565. The zero-order valence-corrected chi connectivity index (χ0v) is 13.0. The first-order valence-corrected chi connectivity index (χ1v) is 7.68. The molecule has 96 valence electrons. The molecule has 0 aliphatic heterocycles. The Balaban J connectivity index is 2.28. The lowest BCUT2D eigenvalue weighted by molar-refractivity contribution is 0.867. The van der Waals surface area contributed by atoms with Crippen molar-refractivity contribution in [1.82, 2.24) is 4.98 Å². The maximum Gasteiger partial charge on any atom is 0.124 e. The fourth-order valence-electron chi connectivity index (χ4n) is 1.76. The van der Waals surface area contributed by atoms with Gasteiger partial charge in [0.1, 0.15) is 5.01 Å². The molecule has 0 saturated carbocycles. The predicted molar refractivity (Wildman–Crippen MR) is 82.1 cm³/mol. The largest absolute Gasteiger partial charge is 0.330 e. The van der Waals surface area contributed by atoms with Gasteiger partial charge >= 0.3 is 0 Å². The van der Waals surface area contributed by atoms with Gasteiger partial charge in [0.25, 0.3) is 0 Å². The van der Waals surface area contributed by atoms with Gasteiger partial charge in [0.2, 0.25) is 0 Å². The van der Waals surface area contributed by atoms with Crippen LogP contribution in [0.25, 0.3) is 10.6 Å². The molecule has 4 heteroatoms. The van der Waals surface area contributed by atoms with Gasteiger partial charge in [-0.05, 0) is 34.0 Å². The van der Waals surface area contributed by atoms with Crippen molar-refractivity contribution < 1.29 is 0 Å². The highest BCUT2D eigenvalue weighted by Gasteiger charge is 2.10. The first-order chi connectivity index (χ1) is 8.61. The smallest absolute Gasteiger partial charge is 0.124 e. The van der Waals surface area contributed by atoms with E-state index in [1.807, 2.05) is 0 Å². The summed E-state index contributed by atoms with van der Waals surface area (Å²) in [6.45, 7) is 5.04. The molecule has 2 rings (SSSR count). The maximum absolute atomic E-state index is 5.57. The molecule has 0 bridgehead atoms. The Bertz CT molecular complexity index is 517. The average molecular weight is 325 g/mol. The molecule has 2 nitrogen and oxygen atoms in total. The van der Waals surface area contributed by atoms with Gasteiger partial charge in [-0.3, -0.25) is 0 Å². The summed E-state index contributed by atoms with van der Waals surface area (Å²) < 4.78 is 1.09. The van der Waals surface area contributed by atoms with E-state index in [2.05, 4.69) is 59.0 Å². The normalized spacial score (nSPS) is 11.2. The van der Waals surface area contributed by atoms with E-state index >= 15 is 0 Å². The molecule has 0 aliphatic rings. The van der Waals surface area contributed by atoms with E-state index in [0.717, 1.165) is 20.9 Å². The number of halogens is 1. The first-order valence-electron chi connectivity index (χ1n) is 6.07. The third kappa shape index (κ3) is 2.99. The molecule has 0 amide bonds. The van der Waals surface area contributed by atoms with Crippen LogP contribution >= 0.6 is 27.3 Å². The van der Waals surface area contributed by atoms with Gasteiger partial charge in [0.05, 0.1) is 9.48 Å². The summed E-state index contributed by atoms with van der Waals surface area (Å²) in [6, 6.07) is 8.65. The van der Waals surface area contributed by atoms with Gasteiger partial charge in [-0.15, -0.1) is 11.3 Å². The van der Waals surface area contributed by atoms with Crippen molar-refractivity contribution in [2.24, 2.45) is 5.73 Å². The Morgan fingerprint density at radius 3 is 2.50 bits per heavy atom. The first kappa shape index (κ1) is 13.7. The lowest BCUT2D eigenvalue weighted by atomic mass is 10.0. The zero-order valence-electron chi connectivity index (χ0n) is 10.6. The Morgan fingerprint density at radius 1 is 1.28 bits per heavy atom. The topological polar surface area (TPSA) is 38.9 Å². The van der Waals surface area contributed by atoms with Crippen LogP contribution < -0.4 is 5.73 Å². The number of benzene rings is 1. The van der Waals surface area contributed by atoms with E-state index in [1.165, 1.54) is 11.1 Å². The molecular weight excluding hydrogens is 308 g/mol.